The first-order valence-electron chi connectivity index (χ1n) is 6.24. The number of rotatable bonds is 3. The highest BCUT2D eigenvalue weighted by Crippen LogP contribution is 2.27. The number of benzene rings is 1. The number of sulfone groups is 1. The van der Waals surface area contributed by atoms with Crippen LogP contribution in [0, 0.1) is 0 Å². The zero-order chi connectivity index (χ0) is 14.0. The van der Waals surface area contributed by atoms with Crippen LogP contribution in [-0.2, 0) is 14.6 Å². The predicted molar refractivity (Wildman–Crippen MR) is 72.9 cm³/mol. The smallest absolute Gasteiger partial charge is 0.226 e. The Bertz CT molecular complexity index is 582. The second-order valence-electron chi connectivity index (χ2n) is 4.69. The van der Waals surface area contributed by atoms with Gasteiger partial charge in [-0.2, -0.15) is 0 Å². The van der Waals surface area contributed by atoms with Crippen LogP contribution < -0.4 is 4.90 Å². The fourth-order valence-corrected chi connectivity index (χ4v) is 4.05. The number of nitrogens with zero attached hydrogens (tertiary/aromatic N) is 1. The predicted octanol–water partition coefficient (Wildman–Crippen LogP) is 1.32. The average Bonchev–Trinajstić information content (AvgIpc) is 2.69. The lowest BCUT2D eigenvalue weighted by Gasteiger charge is -2.28. The molecular formula is C13H17NO4S. The van der Waals surface area contributed by atoms with Crippen LogP contribution in [-0.4, -0.2) is 37.0 Å². The second kappa shape index (κ2) is 5.21. The molecule has 1 atom stereocenters. The van der Waals surface area contributed by atoms with E-state index in [9.17, 15) is 18.3 Å². The fraction of sp³-hybridized carbons (Fsp3) is 0.462. The van der Waals surface area contributed by atoms with Crippen molar-refractivity contribution < 1.29 is 18.3 Å². The first-order valence-corrected chi connectivity index (χ1v) is 8.06. The third kappa shape index (κ3) is 3.07. The summed E-state index contributed by atoms with van der Waals surface area (Å²) in [6, 6.07) is 6.02. The summed E-state index contributed by atoms with van der Waals surface area (Å²) in [5.41, 5.74) is 0.550. The van der Waals surface area contributed by atoms with Gasteiger partial charge in [0.15, 0.2) is 9.84 Å². The summed E-state index contributed by atoms with van der Waals surface area (Å²) in [5, 5.41) is 9.51. The quantitative estimate of drug-likeness (QED) is 0.908. The Morgan fingerprint density at radius 1 is 1.47 bits per heavy atom. The van der Waals surface area contributed by atoms with Crippen LogP contribution in [0.3, 0.4) is 0 Å². The maximum Gasteiger partial charge on any atom is 0.226 e. The third-order valence-corrected chi connectivity index (χ3v) is 5.00. The van der Waals surface area contributed by atoms with E-state index in [0.717, 1.165) is 0 Å². The molecule has 0 spiro atoms. The van der Waals surface area contributed by atoms with Crippen molar-refractivity contribution in [3.8, 4) is 5.75 Å². The van der Waals surface area contributed by atoms with Crippen LogP contribution >= 0.6 is 0 Å². The van der Waals surface area contributed by atoms with Gasteiger partial charge in [0, 0.05) is 18.2 Å². The van der Waals surface area contributed by atoms with Gasteiger partial charge in [-0.3, -0.25) is 4.79 Å². The number of amides is 1. The van der Waals surface area contributed by atoms with Gasteiger partial charge in [0.25, 0.3) is 0 Å². The lowest BCUT2D eigenvalue weighted by molar-refractivity contribution is -0.118. The largest absolute Gasteiger partial charge is 0.508 e. The number of carbonyl (C=O) groups excluding carboxylic acids is 1. The first kappa shape index (κ1) is 13.9. The average molecular weight is 283 g/mol. The Morgan fingerprint density at radius 2 is 2.21 bits per heavy atom. The van der Waals surface area contributed by atoms with E-state index in [0.29, 0.717) is 18.5 Å². The molecule has 0 saturated carbocycles. The van der Waals surface area contributed by atoms with E-state index in [1.165, 1.54) is 17.0 Å². The highest BCUT2D eigenvalue weighted by Gasteiger charge is 2.35. The van der Waals surface area contributed by atoms with Gasteiger partial charge < -0.3 is 10.0 Å². The van der Waals surface area contributed by atoms with Crippen LogP contribution in [0.1, 0.15) is 19.8 Å². The zero-order valence-corrected chi connectivity index (χ0v) is 11.6. The normalized spacial score (nSPS) is 21.2. The molecule has 1 fully saturated rings. The van der Waals surface area contributed by atoms with E-state index in [1.54, 1.807) is 19.1 Å². The number of hydrogen-bond acceptors (Lipinski definition) is 4. The van der Waals surface area contributed by atoms with Gasteiger partial charge in [0.2, 0.25) is 5.91 Å². The molecule has 0 aliphatic carbocycles. The number of phenols is 1. The summed E-state index contributed by atoms with van der Waals surface area (Å²) in [6.45, 7) is 1.74. The van der Waals surface area contributed by atoms with E-state index in [2.05, 4.69) is 0 Å². The Hall–Kier alpha value is -1.56. The van der Waals surface area contributed by atoms with Crippen LogP contribution in [0.25, 0.3) is 0 Å². The molecule has 2 rings (SSSR count). The standard InChI is InChI=1S/C13H17NO4S/c1-2-13(16)14(10-4-3-5-12(15)8-10)11-6-7-19(17,18)9-11/h3-5,8,11,15H,2,6-7,9H2,1H3/t11-/m1/s1. The first-order chi connectivity index (χ1) is 8.93. The minimum absolute atomic E-state index is 0.00556. The van der Waals surface area contributed by atoms with Gasteiger partial charge in [0.1, 0.15) is 5.75 Å². The number of carbonyl (C=O) groups is 1. The molecule has 1 aromatic carbocycles. The van der Waals surface area contributed by atoms with Crippen molar-refractivity contribution in [2.45, 2.75) is 25.8 Å². The molecular weight excluding hydrogens is 266 g/mol. The van der Waals surface area contributed by atoms with Crippen molar-refractivity contribution in [1.82, 2.24) is 0 Å². The van der Waals surface area contributed by atoms with Crippen molar-refractivity contribution in [3.63, 3.8) is 0 Å². The molecule has 6 heteroatoms. The zero-order valence-electron chi connectivity index (χ0n) is 10.7. The number of aromatic hydroxyl groups is 1. The Morgan fingerprint density at radius 3 is 2.74 bits per heavy atom. The SMILES string of the molecule is CCC(=O)N(c1cccc(O)c1)[C@@H]1CCS(=O)(=O)C1. The van der Waals surface area contributed by atoms with Crippen LogP contribution in [0.2, 0.25) is 0 Å². The lowest BCUT2D eigenvalue weighted by Crippen LogP contribution is -2.41. The molecule has 1 saturated heterocycles. The Kier molecular flexibility index (Phi) is 3.80. The molecule has 1 aliphatic rings. The number of anilines is 1. The molecule has 1 N–H and O–H groups in total. The Labute approximate surface area is 112 Å². The summed E-state index contributed by atoms with van der Waals surface area (Å²) in [5.74, 6) is 0.0400. The molecule has 1 aromatic rings. The van der Waals surface area contributed by atoms with E-state index in [1.807, 2.05) is 0 Å². The summed E-state index contributed by atoms with van der Waals surface area (Å²) in [7, 11) is -3.06. The number of phenolic OH excluding ortho intramolecular Hbond substituents is 1. The monoisotopic (exact) mass is 283 g/mol. The highest BCUT2D eigenvalue weighted by molar-refractivity contribution is 7.91. The van der Waals surface area contributed by atoms with E-state index in [4.69, 9.17) is 0 Å². The van der Waals surface area contributed by atoms with E-state index in [-0.39, 0.29) is 29.2 Å². The minimum atomic E-state index is -3.06. The van der Waals surface area contributed by atoms with Crippen molar-refractivity contribution >= 4 is 21.4 Å². The van der Waals surface area contributed by atoms with Gasteiger partial charge in [-0.15, -0.1) is 0 Å². The minimum Gasteiger partial charge on any atom is -0.508 e. The molecule has 0 bridgehead atoms. The second-order valence-corrected chi connectivity index (χ2v) is 6.92. The summed E-state index contributed by atoms with van der Waals surface area (Å²) < 4.78 is 23.1. The van der Waals surface area contributed by atoms with Gasteiger partial charge >= 0.3 is 0 Å². The highest BCUT2D eigenvalue weighted by atomic mass is 32.2. The molecule has 5 nitrogen and oxygen atoms in total. The molecule has 104 valence electrons. The lowest BCUT2D eigenvalue weighted by atomic mass is 10.1. The fourth-order valence-electron chi connectivity index (χ4n) is 2.35. The van der Waals surface area contributed by atoms with Crippen LogP contribution in [0.15, 0.2) is 24.3 Å². The van der Waals surface area contributed by atoms with Crippen molar-refractivity contribution in [2.24, 2.45) is 0 Å². The van der Waals surface area contributed by atoms with Crippen molar-refractivity contribution in [2.75, 3.05) is 16.4 Å². The molecule has 19 heavy (non-hydrogen) atoms. The summed E-state index contributed by atoms with van der Waals surface area (Å²) in [4.78, 5) is 13.6. The van der Waals surface area contributed by atoms with Gasteiger partial charge in [-0.25, -0.2) is 8.42 Å². The van der Waals surface area contributed by atoms with Crippen LogP contribution in [0.5, 0.6) is 5.75 Å². The molecule has 1 heterocycles. The molecule has 1 aliphatic heterocycles. The van der Waals surface area contributed by atoms with Crippen molar-refractivity contribution in [1.29, 1.82) is 0 Å². The summed E-state index contributed by atoms with van der Waals surface area (Å²) >= 11 is 0. The van der Waals surface area contributed by atoms with Gasteiger partial charge in [-0.05, 0) is 18.6 Å². The van der Waals surface area contributed by atoms with Gasteiger partial charge in [-0.1, -0.05) is 13.0 Å². The van der Waals surface area contributed by atoms with E-state index < -0.39 is 9.84 Å². The van der Waals surface area contributed by atoms with E-state index >= 15 is 0 Å². The number of hydrogen-bond donors (Lipinski definition) is 1. The van der Waals surface area contributed by atoms with Gasteiger partial charge in [0.05, 0.1) is 17.5 Å². The maximum atomic E-state index is 12.1. The summed E-state index contributed by atoms with van der Waals surface area (Å²) in [6.07, 6.45) is 0.746. The third-order valence-electron chi connectivity index (χ3n) is 3.25. The van der Waals surface area contributed by atoms with Crippen molar-refractivity contribution in [3.05, 3.63) is 24.3 Å². The maximum absolute atomic E-state index is 12.1. The van der Waals surface area contributed by atoms with Crippen LogP contribution in [0.4, 0.5) is 5.69 Å². The molecule has 1 amide bonds. The molecule has 0 aromatic heterocycles. The molecule has 0 radical (unpaired) electrons. The Balaban J connectivity index is 2.35. The molecule has 0 unspecified atom stereocenters. The topological polar surface area (TPSA) is 74.7 Å².